The highest BCUT2D eigenvalue weighted by Gasteiger charge is 2.03. The van der Waals surface area contributed by atoms with E-state index in [-0.39, 0.29) is 5.43 Å². The molecule has 2 nitrogen and oxygen atoms in total. The molecule has 0 spiro atoms. The molecule has 0 amide bonds. The highest BCUT2D eigenvalue weighted by Crippen LogP contribution is 2.09. The van der Waals surface area contributed by atoms with Gasteiger partial charge in [-0.25, -0.2) is 0 Å². The first kappa shape index (κ1) is 12.0. The minimum absolute atomic E-state index is 0.101. The lowest BCUT2D eigenvalue weighted by molar-refractivity contribution is 0.449. The monoisotopic (exact) mass is 208 g/mol. The highest BCUT2D eigenvalue weighted by molar-refractivity contribution is 5.16. The van der Waals surface area contributed by atoms with Gasteiger partial charge in [-0.2, -0.15) is 0 Å². The minimum atomic E-state index is 0.101. The van der Waals surface area contributed by atoms with E-state index in [0.29, 0.717) is 0 Å². The van der Waals surface area contributed by atoms with Crippen LogP contribution in [0.1, 0.15) is 49.7 Å². The summed E-state index contributed by atoms with van der Waals surface area (Å²) in [6, 6.07) is 1.63. The van der Waals surface area contributed by atoms with Crippen LogP contribution < -0.4 is 5.43 Å². The van der Waals surface area contributed by atoms with E-state index in [1.807, 2.05) is 13.8 Å². The van der Waals surface area contributed by atoms with Crippen LogP contribution in [0.15, 0.2) is 15.3 Å². The van der Waals surface area contributed by atoms with Gasteiger partial charge in [0, 0.05) is 18.1 Å². The average Bonchev–Trinajstić information content (AvgIpc) is 2.21. The lowest BCUT2D eigenvalue weighted by atomic mass is 10.1. The summed E-state index contributed by atoms with van der Waals surface area (Å²) in [6.07, 6.45) is 5.70. The Morgan fingerprint density at radius 3 is 2.53 bits per heavy atom. The van der Waals surface area contributed by atoms with Gasteiger partial charge < -0.3 is 4.42 Å². The number of rotatable bonds is 5. The molecule has 0 saturated carbocycles. The van der Waals surface area contributed by atoms with Crippen LogP contribution >= 0.6 is 0 Å². The van der Waals surface area contributed by atoms with Crippen molar-refractivity contribution in [2.75, 3.05) is 0 Å². The first-order chi connectivity index (χ1) is 7.15. The summed E-state index contributed by atoms with van der Waals surface area (Å²) in [5, 5.41) is 0. The maximum Gasteiger partial charge on any atom is 0.188 e. The van der Waals surface area contributed by atoms with Crippen molar-refractivity contribution in [3.05, 3.63) is 33.4 Å². The van der Waals surface area contributed by atoms with Crippen LogP contribution in [0.5, 0.6) is 0 Å². The molecule has 1 aromatic heterocycles. The van der Waals surface area contributed by atoms with Crippen molar-refractivity contribution in [1.29, 1.82) is 0 Å². The standard InChI is InChI=1S/C13H20O2/c1-4-5-6-7-8-12-9-13(14)10(2)11(3)15-12/h9H,4-8H2,1-3H3. The summed E-state index contributed by atoms with van der Waals surface area (Å²) < 4.78 is 5.57. The number of aryl methyl sites for hydroxylation is 2. The van der Waals surface area contributed by atoms with E-state index in [0.717, 1.165) is 29.9 Å². The van der Waals surface area contributed by atoms with E-state index in [9.17, 15) is 4.79 Å². The Morgan fingerprint density at radius 2 is 1.93 bits per heavy atom. The van der Waals surface area contributed by atoms with Crippen molar-refractivity contribution >= 4 is 0 Å². The Hall–Kier alpha value is -1.05. The van der Waals surface area contributed by atoms with E-state index < -0.39 is 0 Å². The smallest absolute Gasteiger partial charge is 0.188 e. The predicted octanol–water partition coefficient (Wildman–Crippen LogP) is 3.38. The molecule has 1 rings (SSSR count). The average molecular weight is 208 g/mol. The molecule has 0 saturated heterocycles. The second kappa shape index (κ2) is 5.74. The minimum Gasteiger partial charge on any atom is -0.466 e. The Morgan fingerprint density at radius 1 is 1.20 bits per heavy atom. The molecule has 0 aliphatic rings. The van der Waals surface area contributed by atoms with Crippen molar-refractivity contribution < 1.29 is 4.42 Å². The lowest BCUT2D eigenvalue weighted by Gasteiger charge is -2.03. The van der Waals surface area contributed by atoms with Gasteiger partial charge in [0.25, 0.3) is 0 Å². The quantitative estimate of drug-likeness (QED) is 0.694. The summed E-state index contributed by atoms with van der Waals surface area (Å²) in [7, 11) is 0. The molecule has 84 valence electrons. The van der Waals surface area contributed by atoms with Crippen LogP contribution in [0.4, 0.5) is 0 Å². The van der Waals surface area contributed by atoms with Crippen LogP contribution in [0, 0.1) is 13.8 Å². The Kier molecular flexibility index (Phi) is 4.60. The molecule has 15 heavy (non-hydrogen) atoms. The Bertz CT molecular complexity index is 363. The highest BCUT2D eigenvalue weighted by atomic mass is 16.3. The van der Waals surface area contributed by atoms with Crippen LogP contribution in [0.25, 0.3) is 0 Å². The second-order valence-electron chi connectivity index (χ2n) is 4.07. The van der Waals surface area contributed by atoms with Gasteiger partial charge in [0.2, 0.25) is 0 Å². The van der Waals surface area contributed by atoms with Gasteiger partial charge >= 0.3 is 0 Å². The molecule has 0 unspecified atom stereocenters. The fourth-order valence-corrected chi connectivity index (χ4v) is 1.58. The number of unbranched alkanes of at least 4 members (excludes halogenated alkanes) is 3. The largest absolute Gasteiger partial charge is 0.466 e. The third-order valence-electron chi connectivity index (χ3n) is 2.75. The second-order valence-corrected chi connectivity index (χ2v) is 4.07. The molecular weight excluding hydrogens is 188 g/mol. The molecule has 0 radical (unpaired) electrons. The van der Waals surface area contributed by atoms with Gasteiger partial charge in [0.1, 0.15) is 11.5 Å². The molecule has 0 bridgehead atoms. The van der Waals surface area contributed by atoms with Gasteiger partial charge in [-0.15, -0.1) is 0 Å². The zero-order chi connectivity index (χ0) is 11.3. The molecule has 0 fully saturated rings. The van der Waals surface area contributed by atoms with Crippen molar-refractivity contribution in [2.24, 2.45) is 0 Å². The topological polar surface area (TPSA) is 30.2 Å². The van der Waals surface area contributed by atoms with Crippen molar-refractivity contribution in [2.45, 2.75) is 52.9 Å². The number of hydrogen-bond acceptors (Lipinski definition) is 2. The van der Waals surface area contributed by atoms with E-state index in [1.165, 1.54) is 19.3 Å². The Balaban J connectivity index is 2.59. The first-order valence-electron chi connectivity index (χ1n) is 5.75. The molecule has 1 heterocycles. The predicted molar refractivity (Wildman–Crippen MR) is 62.3 cm³/mol. The molecule has 0 N–H and O–H groups in total. The van der Waals surface area contributed by atoms with Crippen LogP contribution in [0.2, 0.25) is 0 Å². The molecule has 2 heteroatoms. The van der Waals surface area contributed by atoms with Gasteiger partial charge in [0.05, 0.1) is 0 Å². The van der Waals surface area contributed by atoms with Crippen LogP contribution in [0.3, 0.4) is 0 Å². The fourth-order valence-electron chi connectivity index (χ4n) is 1.58. The maximum atomic E-state index is 11.5. The van der Waals surface area contributed by atoms with Gasteiger partial charge in [-0.1, -0.05) is 26.2 Å². The Labute approximate surface area is 91.3 Å². The molecule has 0 aliphatic carbocycles. The van der Waals surface area contributed by atoms with E-state index in [1.54, 1.807) is 6.07 Å². The zero-order valence-corrected chi connectivity index (χ0v) is 9.93. The van der Waals surface area contributed by atoms with Crippen molar-refractivity contribution in [3.8, 4) is 0 Å². The van der Waals surface area contributed by atoms with E-state index in [4.69, 9.17) is 4.42 Å². The third-order valence-corrected chi connectivity index (χ3v) is 2.75. The third kappa shape index (κ3) is 3.54. The fraction of sp³-hybridized carbons (Fsp3) is 0.615. The molecule has 0 atom stereocenters. The summed E-state index contributed by atoms with van der Waals surface area (Å²) >= 11 is 0. The molecular formula is C13H20O2. The summed E-state index contributed by atoms with van der Waals surface area (Å²) in [5.41, 5.74) is 0.830. The summed E-state index contributed by atoms with van der Waals surface area (Å²) in [6.45, 7) is 5.85. The van der Waals surface area contributed by atoms with Crippen LogP contribution in [-0.2, 0) is 6.42 Å². The SMILES string of the molecule is CCCCCCc1cc(=O)c(C)c(C)o1. The van der Waals surface area contributed by atoms with Crippen molar-refractivity contribution in [1.82, 2.24) is 0 Å². The first-order valence-corrected chi connectivity index (χ1v) is 5.75. The van der Waals surface area contributed by atoms with E-state index in [2.05, 4.69) is 6.92 Å². The van der Waals surface area contributed by atoms with Gasteiger partial charge in [-0.3, -0.25) is 4.79 Å². The van der Waals surface area contributed by atoms with Crippen LogP contribution in [-0.4, -0.2) is 0 Å². The van der Waals surface area contributed by atoms with Crippen molar-refractivity contribution in [3.63, 3.8) is 0 Å². The zero-order valence-electron chi connectivity index (χ0n) is 9.93. The summed E-state index contributed by atoms with van der Waals surface area (Å²) in [5.74, 6) is 1.59. The molecule has 1 aromatic rings. The molecule has 0 aromatic carbocycles. The van der Waals surface area contributed by atoms with E-state index >= 15 is 0 Å². The maximum absolute atomic E-state index is 11.5. The lowest BCUT2D eigenvalue weighted by Crippen LogP contribution is -2.07. The van der Waals surface area contributed by atoms with Gasteiger partial charge in [-0.05, 0) is 20.3 Å². The summed E-state index contributed by atoms with van der Waals surface area (Å²) in [4.78, 5) is 11.5. The number of hydrogen-bond donors (Lipinski definition) is 0. The molecule has 0 aliphatic heterocycles. The normalized spacial score (nSPS) is 10.6. The van der Waals surface area contributed by atoms with Gasteiger partial charge in [0.15, 0.2) is 5.43 Å².